The fourth-order valence-electron chi connectivity index (χ4n) is 2.90. The molecule has 1 heterocycles. The Hall–Kier alpha value is -3.75. The van der Waals surface area contributed by atoms with Crippen LogP contribution in [-0.2, 0) is 15.8 Å². The van der Waals surface area contributed by atoms with Crippen molar-refractivity contribution in [3.63, 3.8) is 0 Å². The number of benzene rings is 2. The fraction of sp³-hybridized carbons (Fsp3) is 0.182. The fourth-order valence-corrected chi connectivity index (χ4v) is 2.90. The van der Waals surface area contributed by atoms with Crippen LogP contribution < -0.4 is 4.90 Å². The minimum atomic E-state index is -4.74. The second-order valence-electron chi connectivity index (χ2n) is 7.00. The van der Waals surface area contributed by atoms with Gasteiger partial charge in [-0.2, -0.15) is 18.2 Å². The molecular formula is C22H16F3N3O3. The zero-order valence-corrected chi connectivity index (χ0v) is 16.0. The van der Waals surface area contributed by atoms with Crippen LogP contribution in [0.15, 0.2) is 65.2 Å². The SMILES string of the molecule is O=C(/C=C/c1ccccc1)N(C(=O)C1CC1)c1ccc(-c2noc(C(F)(F)F)n2)cc1. The molecule has 2 amide bonds. The van der Waals surface area contributed by atoms with Crippen molar-refractivity contribution in [3.05, 3.63) is 72.1 Å². The van der Waals surface area contributed by atoms with Crippen LogP contribution in [0.5, 0.6) is 0 Å². The number of halogens is 3. The van der Waals surface area contributed by atoms with E-state index < -0.39 is 18.0 Å². The maximum atomic E-state index is 12.8. The third-order valence-electron chi connectivity index (χ3n) is 4.64. The number of amides is 2. The van der Waals surface area contributed by atoms with Crippen molar-refractivity contribution in [3.8, 4) is 11.4 Å². The number of hydrogen-bond acceptors (Lipinski definition) is 5. The molecule has 1 fully saturated rings. The van der Waals surface area contributed by atoms with Gasteiger partial charge in [0.05, 0.1) is 5.69 Å². The minimum Gasteiger partial charge on any atom is -0.329 e. The Morgan fingerprint density at radius 2 is 1.71 bits per heavy atom. The molecule has 4 rings (SSSR count). The predicted octanol–water partition coefficient (Wildman–Crippen LogP) is 4.74. The quantitative estimate of drug-likeness (QED) is 0.550. The molecule has 0 aliphatic heterocycles. The van der Waals surface area contributed by atoms with E-state index in [4.69, 9.17) is 0 Å². The first kappa shape index (κ1) is 20.5. The van der Waals surface area contributed by atoms with E-state index in [2.05, 4.69) is 14.7 Å². The molecule has 0 N–H and O–H groups in total. The molecule has 0 spiro atoms. The Bertz CT molecular complexity index is 1120. The summed E-state index contributed by atoms with van der Waals surface area (Å²) in [4.78, 5) is 30.0. The molecule has 1 aromatic heterocycles. The molecule has 158 valence electrons. The summed E-state index contributed by atoms with van der Waals surface area (Å²) in [7, 11) is 0. The number of alkyl halides is 3. The summed E-state index contributed by atoms with van der Waals surface area (Å²) in [5.74, 6) is -2.71. The minimum absolute atomic E-state index is 0.208. The molecule has 0 atom stereocenters. The van der Waals surface area contributed by atoms with Gasteiger partial charge in [0, 0.05) is 17.6 Å². The maximum Gasteiger partial charge on any atom is 0.471 e. The van der Waals surface area contributed by atoms with Crippen molar-refractivity contribution >= 4 is 23.6 Å². The highest BCUT2D eigenvalue weighted by molar-refractivity contribution is 6.20. The van der Waals surface area contributed by atoms with Gasteiger partial charge in [0.15, 0.2) is 0 Å². The monoisotopic (exact) mass is 427 g/mol. The summed E-state index contributed by atoms with van der Waals surface area (Å²) in [5, 5.41) is 3.33. The van der Waals surface area contributed by atoms with Crippen molar-refractivity contribution in [2.24, 2.45) is 5.92 Å². The Morgan fingerprint density at radius 3 is 2.29 bits per heavy atom. The zero-order chi connectivity index (χ0) is 22.0. The van der Waals surface area contributed by atoms with E-state index in [9.17, 15) is 22.8 Å². The van der Waals surface area contributed by atoms with Gasteiger partial charge in [-0.1, -0.05) is 35.5 Å². The Kier molecular flexibility index (Phi) is 5.41. The van der Waals surface area contributed by atoms with Gasteiger partial charge in [-0.05, 0) is 48.7 Å². The topological polar surface area (TPSA) is 76.3 Å². The molecule has 6 nitrogen and oxygen atoms in total. The molecule has 0 saturated heterocycles. The van der Waals surface area contributed by atoms with Gasteiger partial charge < -0.3 is 4.52 Å². The second kappa shape index (κ2) is 8.17. The third kappa shape index (κ3) is 4.71. The molecule has 1 saturated carbocycles. The maximum absolute atomic E-state index is 12.8. The normalized spacial score (nSPS) is 14.0. The summed E-state index contributed by atoms with van der Waals surface area (Å²) in [6.45, 7) is 0. The first-order valence-electron chi connectivity index (χ1n) is 9.45. The van der Waals surface area contributed by atoms with Crippen molar-refractivity contribution < 1.29 is 27.3 Å². The Morgan fingerprint density at radius 1 is 1.03 bits per heavy atom. The lowest BCUT2D eigenvalue weighted by atomic mass is 10.1. The van der Waals surface area contributed by atoms with Gasteiger partial charge in [-0.25, -0.2) is 4.90 Å². The highest BCUT2D eigenvalue weighted by Gasteiger charge is 2.39. The van der Waals surface area contributed by atoms with Gasteiger partial charge in [-0.15, -0.1) is 0 Å². The molecule has 2 aromatic carbocycles. The average molecular weight is 427 g/mol. The number of carbonyl (C=O) groups is 2. The smallest absolute Gasteiger partial charge is 0.329 e. The summed E-state index contributed by atoms with van der Waals surface area (Å²) in [5.41, 5.74) is 1.37. The standard InChI is InChI=1S/C22H16F3N3O3/c23-22(24,25)21-26-19(27-31-21)15-9-11-17(12-10-15)28(20(30)16-7-8-16)18(29)13-6-14-4-2-1-3-5-14/h1-6,9-13,16H,7-8H2/b13-6+. The average Bonchev–Trinajstić information content (AvgIpc) is 3.48. The molecule has 0 radical (unpaired) electrons. The van der Waals surface area contributed by atoms with Crippen LogP contribution in [0.3, 0.4) is 0 Å². The van der Waals surface area contributed by atoms with Gasteiger partial charge in [0.1, 0.15) is 0 Å². The number of hydrogen-bond donors (Lipinski definition) is 0. The number of rotatable bonds is 5. The van der Waals surface area contributed by atoms with Crippen molar-refractivity contribution in [1.29, 1.82) is 0 Å². The first-order chi connectivity index (χ1) is 14.8. The van der Waals surface area contributed by atoms with Gasteiger partial charge in [0.25, 0.3) is 5.91 Å². The highest BCUT2D eigenvalue weighted by Crippen LogP contribution is 2.34. The van der Waals surface area contributed by atoms with Crippen LogP contribution in [0.1, 0.15) is 24.3 Å². The van der Waals surface area contributed by atoms with Crippen molar-refractivity contribution in [2.45, 2.75) is 19.0 Å². The summed E-state index contributed by atoms with van der Waals surface area (Å²) >= 11 is 0. The molecule has 9 heteroatoms. The number of carbonyl (C=O) groups excluding carboxylic acids is 2. The van der Waals surface area contributed by atoms with E-state index in [0.29, 0.717) is 18.5 Å². The van der Waals surface area contributed by atoms with Crippen LogP contribution in [-0.4, -0.2) is 22.0 Å². The molecule has 0 bridgehead atoms. The van der Waals surface area contributed by atoms with Crippen LogP contribution in [0.2, 0.25) is 0 Å². The van der Waals surface area contributed by atoms with Gasteiger partial charge in [-0.3, -0.25) is 9.59 Å². The largest absolute Gasteiger partial charge is 0.471 e. The molecular weight excluding hydrogens is 411 g/mol. The van der Waals surface area contributed by atoms with Crippen molar-refractivity contribution in [1.82, 2.24) is 10.1 Å². The van der Waals surface area contributed by atoms with E-state index in [1.54, 1.807) is 6.08 Å². The molecule has 31 heavy (non-hydrogen) atoms. The summed E-state index contributed by atoms with van der Waals surface area (Å²) in [6.07, 6.45) is -0.380. The Labute approximate surface area is 175 Å². The van der Waals surface area contributed by atoms with E-state index in [0.717, 1.165) is 10.5 Å². The van der Waals surface area contributed by atoms with E-state index >= 15 is 0 Å². The number of imide groups is 1. The lowest BCUT2D eigenvalue weighted by Crippen LogP contribution is -2.36. The van der Waals surface area contributed by atoms with Crippen LogP contribution >= 0.6 is 0 Å². The van der Waals surface area contributed by atoms with E-state index in [1.807, 2.05) is 30.3 Å². The number of nitrogens with zero attached hydrogens (tertiary/aromatic N) is 3. The van der Waals surface area contributed by atoms with Crippen LogP contribution in [0.25, 0.3) is 17.5 Å². The van der Waals surface area contributed by atoms with Crippen LogP contribution in [0, 0.1) is 5.92 Å². The lowest BCUT2D eigenvalue weighted by Gasteiger charge is -2.19. The highest BCUT2D eigenvalue weighted by atomic mass is 19.4. The predicted molar refractivity (Wildman–Crippen MR) is 105 cm³/mol. The summed E-state index contributed by atoms with van der Waals surface area (Å²) in [6, 6.07) is 15.0. The number of aromatic nitrogens is 2. The summed E-state index contributed by atoms with van der Waals surface area (Å²) < 4.78 is 42.2. The van der Waals surface area contributed by atoms with Crippen molar-refractivity contribution in [2.75, 3.05) is 4.90 Å². The van der Waals surface area contributed by atoms with E-state index in [1.165, 1.54) is 30.3 Å². The van der Waals surface area contributed by atoms with Gasteiger partial charge in [0.2, 0.25) is 11.7 Å². The molecule has 1 aliphatic carbocycles. The third-order valence-corrected chi connectivity index (χ3v) is 4.64. The molecule has 1 aliphatic rings. The molecule has 3 aromatic rings. The molecule has 0 unspecified atom stereocenters. The van der Waals surface area contributed by atoms with Gasteiger partial charge >= 0.3 is 12.1 Å². The van der Waals surface area contributed by atoms with Crippen LogP contribution in [0.4, 0.5) is 18.9 Å². The van der Waals surface area contributed by atoms with E-state index in [-0.39, 0.29) is 23.2 Å². The number of anilines is 1. The Balaban J connectivity index is 1.58. The lowest BCUT2D eigenvalue weighted by molar-refractivity contribution is -0.159. The first-order valence-corrected chi connectivity index (χ1v) is 9.45. The second-order valence-corrected chi connectivity index (χ2v) is 7.00. The zero-order valence-electron chi connectivity index (χ0n) is 16.0.